The van der Waals surface area contributed by atoms with E-state index in [1.165, 1.54) is 5.56 Å². The zero-order valence-electron chi connectivity index (χ0n) is 15.4. The van der Waals surface area contributed by atoms with Gasteiger partial charge < -0.3 is 20.1 Å². The molecule has 3 rings (SSSR count). The SMILES string of the molecule is COc1ccccc1C1(CNC(=O)N2CCC(C(=O)O)CC2)CCCC1. The van der Waals surface area contributed by atoms with Crippen molar-refractivity contribution in [3.8, 4) is 5.75 Å². The third-order valence-electron chi connectivity index (χ3n) is 5.95. The maximum atomic E-state index is 12.6. The molecule has 6 heteroatoms. The van der Waals surface area contributed by atoms with Crippen molar-refractivity contribution in [3.05, 3.63) is 29.8 Å². The number of piperidine rings is 1. The Balaban J connectivity index is 1.64. The van der Waals surface area contributed by atoms with E-state index in [1.54, 1.807) is 12.0 Å². The van der Waals surface area contributed by atoms with Gasteiger partial charge in [-0.25, -0.2) is 4.79 Å². The number of carboxylic acids is 1. The van der Waals surface area contributed by atoms with Crippen LogP contribution in [0.4, 0.5) is 4.79 Å². The highest BCUT2D eigenvalue weighted by atomic mass is 16.5. The molecule has 1 saturated heterocycles. The maximum Gasteiger partial charge on any atom is 0.317 e. The van der Waals surface area contributed by atoms with Crippen LogP contribution < -0.4 is 10.1 Å². The molecule has 2 amide bonds. The summed E-state index contributed by atoms with van der Waals surface area (Å²) in [5.74, 6) is -0.203. The van der Waals surface area contributed by atoms with Gasteiger partial charge in [-0.2, -0.15) is 0 Å². The van der Waals surface area contributed by atoms with Gasteiger partial charge in [-0.1, -0.05) is 31.0 Å². The van der Waals surface area contributed by atoms with Crippen LogP contribution in [0.3, 0.4) is 0 Å². The fourth-order valence-corrected chi connectivity index (χ4v) is 4.36. The molecule has 1 aromatic rings. The van der Waals surface area contributed by atoms with Crippen molar-refractivity contribution in [1.82, 2.24) is 10.2 Å². The van der Waals surface area contributed by atoms with E-state index in [0.717, 1.165) is 31.4 Å². The molecule has 1 aliphatic heterocycles. The van der Waals surface area contributed by atoms with Gasteiger partial charge in [-0.15, -0.1) is 0 Å². The van der Waals surface area contributed by atoms with Crippen LogP contribution in [0.15, 0.2) is 24.3 Å². The molecule has 1 saturated carbocycles. The van der Waals surface area contributed by atoms with E-state index in [1.807, 2.05) is 18.2 Å². The summed E-state index contributed by atoms with van der Waals surface area (Å²) in [6.07, 6.45) is 5.43. The van der Waals surface area contributed by atoms with Crippen molar-refractivity contribution in [1.29, 1.82) is 0 Å². The van der Waals surface area contributed by atoms with Gasteiger partial charge in [-0.3, -0.25) is 4.79 Å². The van der Waals surface area contributed by atoms with Crippen LogP contribution in [-0.4, -0.2) is 48.8 Å². The molecule has 0 aromatic heterocycles. The van der Waals surface area contributed by atoms with Crippen molar-refractivity contribution < 1.29 is 19.4 Å². The number of carbonyl (C=O) groups excluding carboxylic acids is 1. The zero-order valence-corrected chi connectivity index (χ0v) is 15.4. The van der Waals surface area contributed by atoms with Crippen LogP contribution in [0.25, 0.3) is 0 Å². The number of amides is 2. The van der Waals surface area contributed by atoms with Gasteiger partial charge in [0.1, 0.15) is 5.75 Å². The Morgan fingerprint density at radius 1 is 1.23 bits per heavy atom. The van der Waals surface area contributed by atoms with E-state index < -0.39 is 5.97 Å². The van der Waals surface area contributed by atoms with Gasteiger partial charge >= 0.3 is 12.0 Å². The minimum atomic E-state index is -0.758. The second-order valence-corrected chi connectivity index (χ2v) is 7.45. The Morgan fingerprint density at radius 3 is 2.50 bits per heavy atom. The van der Waals surface area contributed by atoms with E-state index in [0.29, 0.717) is 32.5 Å². The number of hydrogen-bond acceptors (Lipinski definition) is 3. The van der Waals surface area contributed by atoms with Gasteiger partial charge in [0.2, 0.25) is 0 Å². The Bertz CT molecular complexity index is 647. The predicted molar refractivity (Wildman–Crippen MR) is 98.5 cm³/mol. The number of aliphatic carboxylic acids is 1. The van der Waals surface area contributed by atoms with Crippen molar-refractivity contribution in [2.75, 3.05) is 26.7 Å². The Morgan fingerprint density at radius 2 is 1.88 bits per heavy atom. The van der Waals surface area contributed by atoms with Crippen LogP contribution in [0.2, 0.25) is 0 Å². The lowest BCUT2D eigenvalue weighted by atomic mass is 9.78. The van der Waals surface area contributed by atoms with Crippen LogP contribution >= 0.6 is 0 Å². The topological polar surface area (TPSA) is 78.9 Å². The summed E-state index contributed by atoms with van der Waals surface area (Å²) in [5.41, 5.74) is 1.09. The standard InChI is InChI=1S/C20H28N2O4/c1-26-17-7-3-2-6-16(17)20(10-4-5-11-20)14-21-19(25)22-12-8-15(9-13-22)18(23)24/h2-3,6-7,15H,4-5,8-14H2,1H3,(H,21,25)(H,23,24). The summed E-state index contributed by atoms with van der Waals surface area (Å²) in [7, 11) is 1.69. The van der Waals surface area contributed by atoms with E-state index in [-0.39, 0.29) is 17.4 Å². The molecular formula is C20H28N2O4. The molecule has 1 aliphatic carbocycles. The Kier molecular flexibility index (Phi) is 5.69. The van der Waals surface area contributed by atoms with Gasteiger partial charge in [0.05, 0.1) is 13.0 Å². The highest BCUT2D eigenvalue weighted by Crippen LogP contribution is 2.44. The number of benzene rings is 1. The summed E-state index contributed by atoms with van der Waals surface area (Å²) < 4.78 is 5.56. The number of hydrogen-bond donors (Lipinski definition) is 2. The summed E-state index contributed by atoms with van der Waals surface area (Å²) in [6, 6.07) is 7.99. The quantitative estimate of drug-likeness (QED) is 0.846. The molecule has 1 aromatic carbocycles. The minimum Gasteiger partial charge on any atom is -0.496 e. The summed E-state index contributed by atoms with van der Waals surface area (Å²) in [4.78, 5) is 25.4. The number of para-hydroxylation sites is 1. The first-order valence-corrected chi connectivity index (χ1v) is 9.45. The molecule has 0 spiro atoms. The van der Waals surface area contributed by atoms with E-state index in [4.69, 9.17) is 9.84 Å². The molecule has 26 heavy (non-hydrogen) atoms. The molecule has 142 valence electrons. The number of nitrogens with zero attached hydrogens (tertiary/aromatic N) is 1. The lowest BCUT2D eigenvalue weighted by molar-refractivity contribution is -0.143. The third-order valence-corrected chi connectivity index (χ3v) is 5.95. The van der Waals surface area contributed by atoms with Crippen LogP contribution in [0, 0.1) is 5.92 Å². The highest BCUT2D eigenvalue weighted by molar-refractivity contribution is 5.75. The van der Waals surface area contributed by atoms with Crippen molar-refractivity contribution in [3.63, 3.8) is 0 Å². The van der Waals surface area contributed by atoms with Crippen molar-refractivity contribution in [2.45, 2.75) is 43.9 Å². The van der Waals surface area contributed by atoms with Gasteiger partial charge in [0, 0.05) is 30.6 Å². The molecule has 1 heterocycles. The van der Waals surface area contributed by atoms with Crippen molar-refractivity contribution in [2.24, 2.45) is 5.92 Å². The number of nitrogens with one attached hydrogen (secondary N) is 1. The normalized spacial score (nSPS) is 20.0. The predicted octanol–water partition coefficient (Wildman–Crippen LogP) is 3.01. The smallest absolute Gasteiger partial charge is 0.317 e. The monoisotopic (exact) mass is 360 g/mol. The zero-order chi connectivity index (χ0) is 18.6. The number of carboxylic acid groups (broad SMARTS) is 1. The van der Waals surface area contributed by atoms with Crippen molar-refractivity contribution >= 4 is 12.0 Å². The largest absolute Gasteiger partial charge is 0.496 e. The lowest BCUT2D eigenvalue weighted by Crippen LogP contribution is -2.48. The first kappa shape index (κ1) is 18.5. The number of urea groups is 1. The van der Waals surface area contributed by atoms with Gasteiger partial charge in [-0.05, 0) is 31.7 Å². The second kappa shape index (κ2) is 7.98. The summed E-state index contributed by atoms with van der Waals surface area (Å²) >= 11 is 0. The molecule has 0 unspecified atom stereocenters. The molecule has 2 N–H and O–H groups in total. The van der Waals surface area contributed by atoms with E-state index >= 15 is 0 Å². The molecule has 2 aliphatic rings. The second-order valence-electron chi connectivity index (χ2n) is 7.45. The number of carbonyl (C=O) groups is 2. The average Bonchev–Trinajstić information content (AvgIpc) is 3.16. The Labute approximate surface area is 154 Å². The van der Waals surface area contributed by atoms with E-state index in [9.17, 15) is 9.59 Å². The number of likely N-dealkylation sites (tertiary alicyclic amines) is 1. The molecule has 0 atom stereocenters. The number of rotatable bonds is 5. The molecule has 2 fully saturated rings. The third kappa shape index (κ3) is 3.79. The molecule has 0 radical (unpaired) electrons. The lowest BCUT2D eigenvalue weighted by Gasteiger charge is -2.34. The molecule has 6 nitrogen and oxygen atoms in total. The van der Waals surface area contributed by atoms with E-state index in [2.05, 4.69) is 11.4 Å². The molecule has 0 bridgehead atoms. The van der Waals surface area contributed by atoms with Crippen LogP contribution in [-0.2, 0) is 10.2 Å². The number of methoxy groups -OCH3 is 1. The first-order valence-electron chi connectivity index (χ1n) is 9.45. The fourth-order valence-electron chi connectivity index (χ4n) is 4.36. The van der Waals surface area contributed by atoms with Crippen LogP contribution in [0.5, 0.6) is 5.75 Å². The van der Waals surface area contributed by atoms with Gasteiger partial charge in [0.15, 0.2) is 0 Å². The van der Waals surface area contributed by atoms with Gasteiger partial charge in [0.25, 0.3) is 0 Å². The summed E-state index contributed by atoms with van der Waals surface area (Å²) in [5, 5.41) is 12.2. The highest BCUT2D eigenvalue weighted by Gasteiger charge is 2.38. The van der Waals surface area contributed by atoms with Crippen LogP contribution in [0.1, 0.15) is 44.1 Å². The average molecular weight is 360 g/mol. The first-order chi connectivity index (χ1) is 12.6. The maximum absolute atomic E-state index is 12.6. The number of ether oxygens (including phenoxy) is 1. The minimum absolute atomic E-state index is 0.0817. The summed E-state index contributed by atoms with van der Waals surface area (Å²) in [6.45, 7) is 1.60. The fraction of sp³-hybridized carbons (Fsp3) is 0.600. The Hall–Kier alpha value is -2.24. The molecular weight excluding hydrogens is 332 g/mol.